The minimum absolute atomic E-state index is 0.160. The number of carboxylic acid groups (broad SMARTS) is 1. The van der Waals surface area contributed by atoms with E-state index < -0.39 is 17.8 Å². The van der Waals surface area contributed by atoms with E-state index in [9.17, 15) is 9.59 Å². The average Bonchev–Trinajstić information content (AvgIpc) is 2.23. The van der Waals surface area contributed by atoms with Gasteiger partial charge in [-0.3, -0.25) is 9.59 Å². The second kappa shape index (κ2) is 3.88. The Bertz CT molecular complexity index is 609. The molecule has 1 amide bonds. The van der Waals surface area contributed by atoms with Crippen molar-refractivity contribution < 1.29 is 14.7 Å². The fraction of sp³-hybridized carbons (Fsp3) is 0.100. The Morgan fingerprint density at radius 2 is 2.06 bits per heavy atom. The van der Waals surface area contributed by atoms with Crippen LogP contribution in [0.4, 0.5) is 0 Å². The predicted molar refractivity (Wildman–Crippen MR) is 57.8 cm³/mol. The van der Waals surface area contributed by atoms with Crippen LogP contribution in [0.25, 0.3) is 6.08 Å². The van der Waals surface area contributed by atoms with Gasteiger partial charge in [0.05, 0.1) is 15.4 Å². The van der Waals surface area contributed by atoms with E-state index >= 15 is 0 Å². The Morgan fingerprint density at radius 1 is 1.38 bits per heavy atom. The maximum absolute atomic E-state index is 11.4. The van der Waals surface area contributed by atoms with E-state index in [1.807, 2.05) is 0 Å². The maximum atomic E-state index is 11.4. The van der Waals surface area contributed by atoms with Crippen LogP contribution in [-0.2, 0) is 9.59 Å². The summed E-state index contributed by atoms with van der Waals surface area (Å²) >= 11 is 11.6. The third-order valence-electron chi connectivity index (χ3n) is 2.20. The molecule has 16 heavy (non-hydrogen) atoms. The van der Waals surface area contributed by atoms with E-state index in [0.717, 1.165) is 0 Å². The monoisotopic (exact) mass is 257 g/mol. The molecule has 0 spiro atoms. The van der Waals surface area contributed by atoms with Crippen molar-refractivity contribution in [2.45, 2.75) is 0 Å². The van der Waals surface area contributed by atoms with Gasteiger partial charge in [-0.05, 0) is 11.3 Å². The largest absolute Gasteiger partial charge is 0.480 e. The number of halogens is 2. The Morgan fingerprint density at radius 3 is 2.69 bits per heavy atom. The normalized spacial score (nSPS) is 18.4. The first-order valence-electron chi connectivity index (χ1n) is 4.32. The van der Waals surface area contributed by atoms with E-state index in [0.29, 0.717) is 5.22 Å². The highest BCUT2D eigenvalue weighted by atomic mass is 35.5. The highest BCUT2D eigenvalue weighted by molar-refractivity contribution is 6.41. The van der Waals surface area contributed by atoms with Crippen LogP contribution in [0, 0.1) is 5.92 Å². The topological polar surface area (TPSA) is 66.7 Å². The van der Waals surface area contributed by atoms with E-state index in [1.165, 1.54) is 12.1 Å². The first kappa shape index (κ1) is 11.1. The first-order chi connectivity index (χ1) is 7.50. The van der Waals surface area contributed by atoms with E-state index in [2.05, 4.69) is 4.99 Å². The molecule has 4 nitrogen and oxygen atoms in total. The molecule has 1 aromatic carbocycles. The molecule has 0 saturated heterocycles. The standard InChI is InChI=1S/C10H5Cl2NO3/c11-6-2-1-4-3-5(10(15)16)9(14)13-8(4)7(6)12/h1-3,5H,(H,15,16). The van der Waals surface area contributed by atoms with Crippen molar-refractivity contribution in [3.8, 4) is 0 Å². The van der Waals surface area contributed by atoms with Gasteiger partial charge in [0.1, 0.15) is 0 Å². The highest BCUT2D eigenvalue weighted by Crippen LogP contribution is 2.16. The number of fused-ring (bicyclic) bond motifs is 1. The summed E-state index contributed by atoms with van der Waals surface area (Å²) in [4.78, 5) is 25.8. The van der Waals surface area contributed by atoms with Gasteiger partial charge < -0.3 is 5.11 Å². The van der Waals surface area contributed by atoms with E-state index in [4.69, 9.17) is 28.3 Å². The number of nitrogens with zero attached hydrogens (tertiary/aromatic N) is 1. The molecule has 0 saturated carbocycles. The van der Waals surface area contributed by atoms with Crippen molar-refractivity contribution in [2.75, 3.05) is 0 Å². The van der Waals surface area contributed by atoms with Crippen molar-refractivity contribution in [1.82, 2.24) is 0 Å². The average molecular weight is 258 g/mol. The predicted octanol–water partition coefficient (Wildman–Crippen LogP) is 0.634. The first-order valence-corrected chi connectivity index (χ1v) is 5.07. The number of rotatable bonds is 1. The van der Waals surface area contributed by atoms with Gasteiger partial charge in [-0.1, -0.05) is 35.3 Å². The third-order valence-corrected chi connectivity index (χ3v) is 2.99. The summed E-state index contributed by atoms with van der Waals surface area (Å²) in [5, 5.41) is 9.96. The number of carboxylic acids is 1. The lowest BCUT2D eigenvalue weighted by Gasteiger charge is -2.08. The zero-order valence-electron chi connectivity index (χ0n) is 7.78. The number of hydrogen-bond acceptors (Lipinski definition) is 2. The molecule has 6 heteroatoms. The summed E-state index contributed by atoms with van der Waals surface area (Å²) in [5.41, 5.74) is 0. The van der Waals surface area contributed by atoms with Gasteiger partial charge >= 0.3 is 5.97 Å². The van der Waals surface area contributed by atoms with E-state index in [1.54, 1.807) is 6.07 Å². The zero-order valence-corrected chi connectivity index (χ0v) is 9.29. The van der Waals surface area contributed by atoms with Gasteiger partial charge in [0.25, 0.3) is 5.91 Å². The smallest absolute Gasteiger partial charge is 0.320 e. The molecule has 0 fully saturated rings. The minimum atomic E-state index is -1.25. The third kappa shape index (κ3) is 1.70. The van der Waals surface area contributed by atoms with Crippen LogP contribution in [0.3, 0.4) is 0 Å². The Kier molecular flexibility index (Phi) is 2.69. The number of benzene rings is 1. The lowest BCUT2D eigenvalue weighted by atomic mass is 10.0. The summed E-state index contributed by atoms with van der Waals surface area (Å²) in [6, 6.07) is 3.11. The fourth-order valence-electron chi connectivity index (χ4n) is 1.41. The molecular weight excluding hydrogens is 253 g/mol. The van der Waals surface area contributed by atoms with Gasteiger partial charge in [0, 0.05) is 0 Å². The van der Waals surface area contributed by atoms with Crippen molar-refractivity contribution in [2.24, 2.45) is 10.9 Å². The number of carbonyl (C=O) groups excluding carboxylic acids is 1. The van der Waals surface area contributed by atoms with E-state index in [-0.39, 0.29) is 15.4 Å². The molecule has 0 bridgehead atoms. The molecular formula is C10H5Cl2NO3. The van der Waals surface area contributed by atoms with Crippen LogP contribution in [0.15, 0.2) is 17.1 Å². The Labute approximate surface area is 99.8 Å². The van der Waals surface area contributed by atoms with Crippen LogP contribution in [-0.4, -0.2) is 17.0 Å². The van der Waals surface area contributed by atoms with Crippen molar-refractivity contribution >= 4 is 41.2 Å². The quantitative estimate of drug-likeness (QED) is 0.751. The van der Waals surface area contributed by atoms with Crippen molar-refractivity contribution in [3.63, 3.8) is 0 Å². The summed E-state index contributed by atoms with van der Waals surface area (Å²) in [7, 11) is 0. The molecule has 1 N–H and O–H groups in total. The van der Waals surface area contributed by atoms with Crippen molar-refractivity contribution in [1.29, 1.82) is 0 Å². The summed E-state index contributed by atoms with van der Waals surface area (Å²) < 4.78 is 0. The van der Waals surface area contributed by atoms with Crippen LogP contribution in [0.5, 0.6) is 0 Å². The maximum Gasteiger partial charge on any atom is 0.320 e. The Balaban J connectivity index is 2.76. The molecule has 82 valence electrons. The molecule has 0 aromatic heterocycles. The van der Waals surface area contributed by atoms with Crippen LogP contribution >= 0.6 is 23.2 Å². The molecule has 0 radical (unpaired) electrons. The number of carbonyl (C=O) groups is 2. The summed E-state index contributed by atoms with van der Waals surface area (Å²) in [6.45, 7) is 0. The van der Waals surface area contributed by atoms with Crippen LogP contribution in [0.1, 0.15) is 0 Å². The molecule has 0 aliphatic carbocycles. The number of amides is 1. The van der Waals surface area contributed by atoms with Gasteiger partial charge in [-0.15, -0.1) is 0 Å². The summed E-state index contributed by atoms with van der Waals surface area (Å²) in [6.07, 6.45) is 1.31. The lowest BCUT2D eigenvalue weighted by Crippen LogP contribution is -2.37. The highest BCUT2D eigenvalue weighted by Gasteiger charge is 2.26. The SMILES string of the molecule is O=C(O)C1C=c2ccc(Cl)c(Cl)c2=NC1=O. The number of aliphatic carboxylic acids is 1. The molecule has 1 unspecified atom stereocenters. The van der Waals surface area contributed by atoms with Crippen molar-refractivity contribution in [3.05, 3.63) is 32.8 Å². The fourth-order valence-corrected chi connectivity index (χ4v) is 1.78. The molecule has 1 atom stereocenters. The van der Waals surface area contributed by atoms with Crippen LogP contribution < -0.4 is 10.6 Å². The molecule has 1 aromatic rings. The molecule has 2 rings (SSSR count). The molecule has 1 aliphatic heterocycles. The van der Waals surface area contributed by atoms with Crippen LogP contribution in [0.2, 0.25) is 10.0 Å². The molecule has 1 aliphatic rings. The van der Waals surface area contributed by atoms with Gasteiger partial charge in [0.2, 0.25) is 0 Å². The number of hydrogen-bond donors (Lipinski definition) is 1. The zero-order chi connectivity index (χ0) is 11.9. The Hall–Kier alpha value is -1.39. The second-order valence-corrected chi connectivity index (χ2v) is 4.02. The lowest BCUT2D eigenvalue weighted by molar-refractivity contribution is -0.143. The second-order valence-electron chi connectivity index (χ2n) is 3.23. The van der Waals surface area contributed by atoms with Gasteiger partial charge in [-0.2, -0.15) is 0 Å². The minimum Gasteiger partial charge on any atom is -0.480 e. The molecule has 1 heterocycles. The van der Waals surface area contributed by atoms with Gasteiger partial charge in [-0.25, -0.2) is 4.99 Å². The van der Waals surface area contributed by atoms with Gasteiger partial charge in [0.15, 0.2) is 5.92 Å². The summed E-state index contributed by atoms with van der Waals surface area (Å²) in [5.74, 6) is -3.22.